The van der Waals surface area contributed by atoms with Gasteiger partial charge in [0, 0.05) is 11.1 Å². The Morgan fingerprint density at radius 3 is 2.29 bits per heavy atom. The van der Waals surface area contributed by atoms with Crippen LogP contribution < -0.4 is 0 Å². The summed E-state index contributed by atoms with van der Waals surface area (Å²) < 4.78 is 25.2. The number of Topliss-reactive ketones (excluding diaryl/α,β-unsaturated/α-hetero) is 1. The molecule has 0 aliphatic carbocycles. The molecule has 0 aromatic heterocycles. The maximum Gasteiger partial charge on any atom is 0.193 e. The lowest BCUT2D eigenvalue weighted by Gasteiger charge is -2.00. The fraction of sp³-hybridized carbons (Fsp3) is 0.0714. The van der Waals surface area contributed by atoms with E-state index < -0.39 is 11.6 Å². The van der Waals surface area contributed by atoms with Gasteiger partial charge in [-0.05, 0) is 43.3 Å². The first-order valence-electron chi connectivity index (χ1n) is 5.01. The Hall–Kier alpha value is -2.03. The molecule has 0 N–H and O–H groups in total. The number of allylic oxidation sites excluding steroid dienone is 5. The van der Waals surface area contributed by atoms with Crippen molar-refractivity contribution in [1.29, 1.82) is 0 Å². The molecule has 1 aromatic carbocycles. The van der Waals surface area contributed by atoms with E-state index in [-0.39, 0.29) is 11.4 Å². The minimum Gasteiger partial charge on any atom is -0.289 e. The zero-order chi connectivity index (χ0) is 12.8. The van der Waals surface area contributed by atoms with Gasteiger partial charge in [-0.2, -0.15) is 0 Å². The van der Waals surface area contributed by atoms with Gasteiger partial charge in [0.15, 0.2) is 5.78 Å². The fourth-order valence-electron chi connectivity index (χ4n) is 1.21. The Bertz CT molecular complexity index is 477. The van der Waals surface area contributed by atoms with E-state index in [1.807, 2.05) is 0 Å². The molecule has 0 aliphatic rings. The zero-order valence-electron chi connectivity index (χ0n) is 9.41. The largest absolute Gasteiger partial charge is 0.289 e. The fourth-order valence-corrected chi connectivity index (χ4v) is 1.21. The van der Waals surface area contributed by atoms with E-state index in [2.05, 4.69) is 6.58 Å². The van der Waals surface area contributed by atoms with Crippen molar-refractivity contribution in [1.82, 2.24) is 0 Å². The number of carbonyl (C=O) groups excluding carboxylic acids is 1. The second-order valence-corrected chi connectivity index (χ2v) is 3.42. The van der Waals surface area contributed by atoms with Gasteiger partial charge in [-0.25, -0.2) is 8.78 Å². The van der Waals surface area contributed by atoms with Gasteiger partial charge in [0.05, 0.1) is 5.83 Å². The minimum absolute atomic E-state index is 0.258. The second kappa shape index (κ2) is 5.89. The maximum atomic E-state index is 12.7. The first-order chi connectivity index (χ1) is 8.04. The molecule has 1 rings (SSSR count). The average Bonchev–Trinajstić information content (AvgIpc) is 2.30. The van der Waals surface area contributed by atoms with Gasteiger partial charge in [0.25, 0.3) is 0 Å². The van der Waals surface area contributed by atoms with E-state index >= 15 is 0 Å². The summed E-state index contributed by atoms with van der Waals surface area (Å²) in [5.41, 5.74) is 0.594. The van der Waals surface area contributed by atoms with Crippen LogP contribution in [0.4, 0.5) is 8.78 Å². The smallest absolute Gasteiger partial charge is 0.193 e. The monoisotopic (exact) mass is 234 g/mol. The van der Waals surface area contributed by atoms with Crippen LogP contribution in [0.2, 0.25) is 0 Å². The number of carbonyl (C=O) groups is 1. The first-order valence-corrected chi connectivity index (χ1v) is 5.01. The third kappa shape index (κ3) is 3.79. The predicted octanol–water partition coefficient (Wildman–Crippen LogP) is 3.99. The van der Waals surface area contributed by atoms with Gasteiger partial charge >= 0.3 is 0 Å². The Morgan fingerprint density at radius 2 is 1.82 bits per heavy atom. The third-order valence-electron chi connectivity index (χ3n) is 2.08. The Labute approximate surface area is 98.8 Å². The lowest BCUT2D eigenvalue weighted by molar-refractivity contribution is 0.103. The molecule has 0 aliphatic heterocycles. The van der Waals surface area contributed by atoms with E-state index in [1.165, 1.54) is 49.4 Å². The number of hydrogen-bond donors (Lipinski definition) is 0. The standard InChI is InChI=1S/C14H12F2O/c1-3-11(5-4-10(2)15)14(17)12-6-8-13(16)9-7-12/h3-9H,1H2,2H3/b10-4+,11-5+. The molecule has 0 unspecified atom stereocenters. The lowest BCUT2D eigenvalue weighted by atomic mass is 10.0. The van der Waals surface area contributed by atoms with Gasteiger partial charge in [-0.15, -0.1) is 0 Å². The number of rotatable bonds is 4. The average molecular weight is 234 g/mol. The van der Waals surface area contributed by atoms with Gasteiger partial charge in [0.2, 0.25) is 0 Å². The highest BCUT2D eigenvalue weighted by molar-refractivity contribution is 6.10. The van der Waals surface area contributed by atoms with Crippen LogP contribution in [0.3, 0.4) is 0 Å². The van der Waals surface area contributed by atoms with Crippen LogP contribution in [0.5, 0.6) is 0 Å². The molecule has 0 saturated carbocycles. The molecule has 1 nitrogen and oxygen atoms in total. The molecule has 0 amide bonds. The summed E-state index contributed by atoms with van der Waals surface area (Å²) in [5, 5.41) is 0. The lowest BCUT2D eigenvalue weighted by Crippen LogP contribution is -2.01. The van der Waals surface area contributed by atoms with Gasteiger partial charge in [-0.1, -0.05) is 12.7 Å². The number of hydrogen-bond acceptors (Lipinski definition) is 1. The molecule has 0 spiro atoms. The van der Waals surface area contributed by atoms with Crippen molar-refractivity contribution < 1.29 is 13.6 Å². The van der Waals surface area contributed by atoms with Crippen LogP contribution in [-0.4, -0.2) is 5.78 Å². The molecular formula is C14H12F2O. The van der Waals surface area contributed by atoms with Crippen LogP contribution in [-0.2, 0) is 0 Å². The summed E-state index contributed by atoms with van der Waals surface area (Å²) in [5.74, 6) is -1.14. The SMILES string of the molecule is C=C/C(=C\C=C(/C)F)C(=O)c1ccc(F)cc1. The van der Waals surface area contributed by atoms with Gasteiger partial charge < -0.3 is 0 Å². The van der Waals surface area contributed by atoms with Crippen LogP contribution in [0.25, 0.3) is 0 Å². The number of halogens is 2. The van der Waals surface area contributed by atoms with Crippen molar-refractivity contribution in [2.24, 2.45) is 0 Å². The summed E-state index contributed by atoms with van der Waals surface area (Å²) in [4.78, 5) is 11.9. The molecule has 1 aromatic rings. The Morgan fingerprint density at radius 1 is 1.24 bits per heavy atom. The molecule has 3 heteroatoms. The Kier molecular flexibility index (Phi) is 4.52. The molecule has 0 saturated heterocycles. The topological polar surface area (TPSA) is 17.1 Å². The second-order valence-electron chi connectivity index (χ2n) is 3.42. The molecule has 0 heterocycles. The first kappa shape index (κ1) is 13.0. The van der Waals surface area contributed by atoms with Crippen molar-refractivity contribution in [3.63, 3.8) is 0 Å². The highest BCUT2D eigenvalue weighted by Gasteiger charge is 2.08. The van der Waals surface area contributed by atoms with Crippen molar-refractivity contribution in [2.45, 2.75) is 6.92 Å². The summed E-state index contributed by atoms with van der Waals surface area (Å²) in [6, 6.07) is 5.15. The molecule has 17 heavy (non-hydrogen) atoms. The Balaban J connectivity index is 3.02. The van der Waals surface area contributed by atoms with Crippen molar-refractivity contribution in [2.75, 3.05) is 0 Å². The van der Waals surface area contributed by atoms with Crippen LogP contribution >= 0.6 is 0 Å². The van der Waals surface area contributed by atoms with Crippen molar-refractivity contribution >= 4 is 5.78 Å². The quantitative estimate of drug-likeness (QED) is 0.437. The van der Waals surface area contributed by atoms with Gasteiger partial charge in [-0.3, -0.25) is 4.79 Å². The number of benzene rings is 1. The van der Waals surface area contributed by atoms with E-state index in [9.17, 15) is 13.6 Å². The number of ketones is 1. The molecule has 88 valence electrons. The summed E-state index contributed by atoms with van der Waals surface area (Å²) in [6.07, 6.45) is 3.86. The van der Waals surface area contributed by atoms with Crippen molar-refractivity contribution in [3.8, 4) is 0 Å². The van der Waals surface area contributed by atoms with E-state index in [0.717, 1.165) is 0 Å². The molecule has 0 bridgehead atoms. The summed E-state index contributed by atoms with van der Waals surface area (Å²) in [7, 11) is 0. The molecule has 0 fully saturated rings. The van der Waals surface area contributed by atoms with Crippen LogP contribution in [0.15, 0.2) is 60.5 Å². The van der Waals surface area contributed by atoms with E-state index in [1.54, 1.807) is 0 Å². The van der Waals surface area contributed by atoms with Gasteiger partial charge in [0.1, 0.15) is 5.82 Å². The predicted molar refractivity (Wildman–Crippen MR) is 63.9 cm³/mol. The maximum absolute atomic E-state index is 12.7. The zero-order valence-corrected chi connectivity index (χ0v) is 9.41. The molecular weight excluding hydrogens is 222 g/mol. The van der Waals surface area contributed by atoms with Crippen LogP contribution in [0.1, 0.15) is 17.3 Å². The molecule has 0 radical (unpaired) electrons. The van der Waals surface area contributed by atoms with E-state index in [0.29, 0.717) is 5.56 Å². The van der Waals surface area contributed by atoms with Crippen LogP contribution in [0, 0.1) is 5.82 Å². The normalized spacial score (nSPS) is 12.4. The highest BCUT2D eigenvalue weighted by atomic mass is 19.1. The summed E-state index contributed by atoms with van der Waals surface area (Å²) in [6.45, 7) is 4.77. The minimum atomic E-state index is -0.412. The molecule has 0 atom stereocenters. The van der Waals surface area contributed by atoms with E-state index in [4.69, 9.17) is 0 Å². The van der Waals surface area contributed by atoms with Crippen molar-refractivity contribution in [3.05, 3.63) is 71.9 Å². The summed E-state index contributed by atoms with van der Waals surface area (Å²) >= 11 is 0. The highest BCUT2D eigenvalue weighted by Crippen LogP contribution is 2.11. The third-order valence-corrected chi connectivity index (χ3v) is 2.08.